The molecule has 0 aromatic heterocycles. The second kappa shape index (κ2) is 6.04. The van der Waals surface area contributed by atoms with Crippen molar-refractivity contribution in [1.29, 1.82) is 0 Å². The molecule has 0 aliphatic carbocycles. The fourth-order valence-corrected chi connectivity index (χ4v) is 2.51. The van der Waals surface area contributed by atoms with Gasteiger partial charge in [0.05, 0.1) is 17.5 Å². The van der Waals surface area contributed by atoms with E-state index >= 15 is 0 Å². The smallest absolute Gasteiger partial charge is 0.329 e. The molecular formula is C18H15NO4. The molecule has 1 aliphatic heterocycles. The lowest BCUT2D eigenvalue weighted by Crippen LogP contribution is -2.33. The molecule has 0 saturated carbocycles. The van der Waals surface area contributed by atoms with E-state index in [9.17, 15) is 14.4 Å². The summed E-state index contributed by atoms with van der Waals surface area (Å²) in [7, 11) is 0. The Morgan fingerprint density at radius 1 is 0.957 bits per heavy atom. The molecule has 0 unspecified atom stereocenters. The number of hydrogen-bond acceptors (Lipinski definition) is 4. The second-order valence-corrected chi connectivity index (χ2v) is 5.26. The zero-order valence-electron chi connectivity index (χ0n) is 12.6. The van der Waals surface area contributed by atoms with Gasteiger partial charge in [0, 0.05) is 0 Å². The first-order valence-electron chi connectivity index (χ1n) is 7.36. The number of aryl methyl sites for hydroxylation is 1. The Labute approximate surface area is 133 Å². The van der Waals surface area contributed by atoms with Crippen LogP contribution in [-0.4, -0.2) is 22.8 Å². The summed E-state index contributed by atoms with van der Waals surface area (Å²) in [4.78, 5) is 41.3. The summed E-state index contributed by atoms with van der Waals surface area (Å²) in [5.41, 5.74) is 2.39. The summed E-state index contributed by atoms with van der Waals surface area (Å²) >= 11 is 0. The zero-order chi connectivity index (χ0) is 16.4. The van der Waals surface area contributed by atoms with Crippen molar-refractivity contribution in [2.45, 2.75) is 19.8 Å². The molecule has 1 aliphatic rings. The van der Waals surface area contributed by atoms with E-state index in [2.05, 4.69) is 0 Å². The molecule has 1 heterocycles. The Morgan fingerprint density at radius 2 is 1.57 bits per heavy atom. The highest BCUT2D eigenvalue weighted by atomic mass is 16.7. The van der Waals surface area contributed by atoms with Crippen LogP contribution < -0.4 is 0 Å². The predicted molar refractivity (Wildman–Crippen MR) is 82.6 cm³/mol. The van der Waals surface area contributed by atoms with Crippen LogP contribution in [0.2, 0.25) is 0 Å². The minimum Gasteiger partial charge on any atom is -0.329 e. The third-order valence-electron chi connectivity index (χ3n) is 3.70. The molecule has 0 spiro atoms. The van der Waals surface area contributed by atoms with E-state index in [4.69, 9.17) is 4.84 Å². The van der Waals surface area contributed by atoms with Crippen LogP contribution in [0.15, 0.2) is 48.5 Å². The molecule has 0 bridgehead atoms. The third kappa shape index (κ3) is 2.85. The van der Waals surface area contributed by atoms with Crippen LogP contribution >= 0.6 is 0 Å². The first kappa shape index (κ1) is 15.0. The minimum atomic E-state index is -0.646. The highest BCUT2D eigenvalue weighted by Crippen LogP contribution is 2.23. The maximum atomic E-state index is 12.1. The normalized spacial score (nSPS) is 13.2. The number of rotatable bonds is 4. The fourth-order valence-electron chi connectivity index (χ4n) is 2.51. The standard InChI is InChI=1S/C18H15NO4/c1-2-12-6-5-7-13(10-12)11-16(20)23-19-17(21)14-8-3-4-9-15(14)18(19)22/h3-10H,2,11H2,1H3. The molecule has 23 heavy (non-hydrogen) atoms. The van der Waals surface area contributed by atoms with E-state index in [1.807, 2.05) is 31.2 Å². The van der Waals surface area contributed by atoms with Gasteiger partial charge >= 0.3 is 5.97 Å². The van der Waals surface area contributed by atoms with Crippen molar-refractivity contribution < 1.29 is 19.2 Å². The van der Waals surface area contributed by atoms with E-state index in [-0.39, 0.29) is 17.5 Å². The second-order valence-electron chi connectivity index (χ2n) is 5.26. The van der Waals surface area contributed by atoms with Gasteiger partial charge in [-0.05, 0) is 29.7 Å². The predicted octanol–water partition coefficient (Wildman–Crippen LogP) is 2.55. The Bertz CT molecular complexity index is 762. The molecule has 0 radical (unpaired) electrons. The lowest BCUT2D eigenvalue weighted by atomic mass is 10.1. The Hall–Kier alpha value is -2.95. The van der Waals surface area contributed by atoms with Crippen LogP contribution in [0.4, 0.5) is 0 Å². The van der Waals surface area contributed by atoms with Crippen LogP contribution in [0.25, 0.3) is 0 Å². The molecule has 0 fully saturated rings. The summed E-state index contributed by atoms with van der Waals surface area (Å²) in [6, 6.07) is 13.9. The van der Waals surface area contributed by atoms with E-state index in [0.717, 1.165) is 17.5 Å². The average molecular weight is 309 g/mol. The molecule has 0 atom stereocenters. The molecule has 0 N–H and O–H groups in total. The monoisotopic (exact) mass is 309 g/mol. The van der Waals surface area contributed by atoms with Crippen LogP contribution in [-0.2, 0) is 22.5 Å². The van der Waals surface area contributed by atoms with Crippen LogP contribution in [0.1, 0.15) is 38.8 Å². The minimum absolute atomic E-state index is 0.00124. The summed E-state index contributed by atoms with van der Waals surface area (Å²) in [6.45, 7) is 2.02. The van der Waals surface area contributed by atoms with Gasteiger partial charge in [0.15, 0.2) is 0 Å². The van der Waals surface area contributed by atoms with Gasteiger partial charge in [0.1, 0.15) is 0 Å². The Balaban J connectivity index is 1.71. The highest BCUT2D eigenvalue weighted by molar-refractivity contribution is 6.20. The van der Waals surface area contributed by atoms with Crippen LogP contribution in [0.3, 0.4) is 0 Å². The number of carbonyl (C=O) groups excluding carboxylic acids is 3. The number of amides is 2. The first-order valence-corrected chi connectivity index (χ1v) is 7.36. The molecular weight excluding hydrogens is 294 g/mol. The first-order chi connectivity index (χ1) is 11.1. The number of hydrogen-bond donors (Lipinski definition) is 0. The Morgan fingerprint density at radius 3 is 2.17 bits per heavy atom. The largest absolute Gasteiger partial charge is 0.337 e. The molecule has 2 amide bonds. The van der Waals surface area contributed by atoms with Gasteiger partial charge in [-0.3, -0.25) is 9.59 Å². The van der Waals surface area contributed by atoms with Gasteiger partial charge in [-0.2, -0.15) is 0 Å². The van der Waals surface area contributed by atoms with Gasteiger partial charge < -0.3 is 4.84 Å². The maximum absolute atomic E-state index is 12.1. The van der Waals surface area contributed by atoms with E-state index in [1.54, 1.807) is 12.1 Å². The van der Waals surface area contributed by atoms with E-state index < -0.39 is 17.8 Å². The van der Waals surface area contributed by atoms with Gasteiger partial charge in [-0.25, -0.2) is 4.79 Å². The van der Waals surface area contributed by atoms with Crippen molar-refractivity contribution in [2.24, 2.45) is 0 Å². The highest BCUT2D eigenvalue weighted by Gasteiger charge is 2.38. The molecule has 116 valence electrons. The van der Waals surface area contributed by atoms with E-state index in [0.29, 0.717) is 5.06 Å². The van der Waals surface area contributed by atoms with Crippen molar-refractivity contribution in [2.75, 3.05) is 0 Å². The Kier molecular flexibility index (Phi) is 3.93. The summed E-state index contributed by atoms with van der Waals surface area (Å²) < 4.78 is 0. The summed E-state index contributed by atoms with van der Waals surface area (Å²) in [5, 5.41) is 0.538. The summed E-state index contributed by atoms with van der Waals surface area (Å²) in [5.74, 6) is -1.87. The number of hydroxylamine groups is 2. The van der Waals surface area contributed by atoms with Crippen LogP contribution in [0.5, 0.6) is 0 Å². The van der Waals surface area contributed by atoms with Crippen molar-refractivity contribution in [3.8, 4) is 0 Å². The molecule has 5 heteroatoms. The third-order valence-corrected chi connectivity index (χ3v) is 3.70. The summed E-state index contributed by atoms with van der Waals surface area (Å²) in [6.07, 6.45) is 0.864. The topological polar surface area (TPSA) is 63.7 Å². The van der Waals surface area contributed by atoms with Crippen molar-refractivity contribution in [3.05, 3.63) is 70.8 Å². The van der Waals surface area contributed by atoms with Crippen molar-refractivity contribution in [1.82, 2.24) is 5.06 Å². The van der Waals surface area contributed by atoms with Crippen molar-refractivity contribution >= 4 is 17.8 Å². The molecule has 2 aromatic carbocycles. The van der Waals surface area contributed by atoms with Gasteiger partial charge in [-0.15, -0.1) is 0 Å². The molecule has 3 rings (SSSR count). The number of fused-ring (bicyclic) bond motifs is 1. The van der Waals surface area contributed by atoms with E-state index in [1.165, 1.54) is 12.1 Å². The number of benzene rings is 2. The zero-order valence-corrected chi connectivity index (χ0v) is 12.6. The number of imide groups is 1. The molecule has 0 saturated heterocycles. The molecule has 5 nitrogen and oxygen atoms in total. The fraction of sp³-hybridized carbons (Fsp3) is 0.167. The SMILES string of the molecule is CCc1cccc(CC(=O)ON2C(=O)c3ccccc3C2=O)c1. The quantitative estimate of drug-likeness (QED) is 0.814. The lowest BCUT2D eigenvalue weighted by molar-refractivity contribution is -0.167. The van der Waals surface area contributed by atoms with Gasteiger partial charge in [0.25, 0.3) is 11.8 Å². The van der Waals surface area contributed by atoms with Gasteiger partial charge in [0.2, 0.25) is 0 Å². The van der Waals surface area contributed by atoms with Crippen LogP contribution in [0, 0.1) is 0 Å². The number of carbonyl (C=O) groups is 3. The van der Waals surface area contributed by atoms with Crippen molar-refractivity contribution in [3.63, 3.8) is 0 Å². The maximum Gasteiger partial charge on any atom is 0.337 e. The average Bonchev–Trinajstić information content (AvgIpc) is 2.80. The lowest BCUT2D eigenvalue weighted by Gasteiger charge is -2.12. The molecule has 2 aromatic rings. The number of nitrogens with zero attached hydrogens (tertiary/aromatic N) is 1. The van der Waals surface area contributed by atoms with Gasteiger partial charge in [-0.1, -0.05) is 48.4 Å².